The second kappa shape index (κ2) is 7.84. The van der Waals surface area contributed by atoms with Crippen molar-refractivity contribution in [2.45, 2.75) is 33.1 Å². The van der Waals surface area contributed by atoms with Gasteiger partial charge < -0.3 is 10.1 Å². The van der Waals surface area contributed by atoms with E-state index in [2.05, 4.69) is 29.1 Å². The highest BCUT2D eigenvalue weighted by Crippen LogP contribution is 2.29. The van der Waals surface area contributed by atoms with E-state index >= 15 is 0 Å². The predicted octanol–water partition coefficient (Wildman–Crippen LogP) is 4.70. The van der Waals surface area contributed by atoms with Crippen LogP contribution in [0.3, 0.4) is 0 Å². The third-order valence-corrected chi connectivity index (χ3v) is 3.19. The van der Waals surface area contributed by atoms with Gasteiger partial charge in [0.1, 0.15) is 17.9 Å². The molecule has 0 amide bonds. The molecule has 0 aliphatic heterocycles. The average Bonchev–Trinajstić information content (AvgIpc) is 2.48. The molecule has 0 unspecified atom stereocenters. The molecule has 0 fully saturated rings. The zero-order valence-electron chi connectivity index (χ0n) is 12.4. The first-order chi connectivity index (χ1) is 10.2. The fraction of sp³-hybridized carbons (Fsp3) is 0.375. The zero-order chi connectivity index (χ0) is 15.1. The lowest BCUT2D eigenvalue weighted by atomic mass is 10.1. The molecule has 0 saturated heterocycles. The van der Waals surface area contributed by atoms with Crippen molar-refractivity contribution in [3.05, 3.63) is 41.2 Å². The molecule has 2 rings (SSSR count). The van der Waals surface area contributed by atoms with Gasteiger partial charge in [0.05, 0.1) is 5.56 Å². The zero-order valence-corrected chi connectivity index (χ0v) is 13.2. The van der Waals surface area contributed by atoms with Crippen LogP contribution in [0.4, 0.5) is 5.82 Å². The third-order valence-electron chi connectivity index (χ3n) is 2.96. The molecule has 0 aliphatic rings. The van der Waals surface area contributed by atoms with Crippen LogP contribution >= 0.6 is 11.6 Å². The highest BCUT2D eigenvalue weighted by atomic mass is 35.5. The average molecular weight is 306 g/mol. The first kappa shape index (κ1) is 15.6. The summed E-state index contributed by atoms with van der Waals surface area (Å²) in [7, 11) is 0. The van der Waals surface area contributed by atoms with E-state index in [1.165, 1.54) is 6.33 Å². The number of anilines is 1. The van der Waals surface area contributed by atoms with Crippen LogP contribution in [0.15, 0.2) is 30.6 Å². The number of aromatic nitrogens is 2. The van der Waals surface area contributed by atoms with Crippen LogP contribution in [0.1, 0.15) is 32.3 Å². The topological polar surface area (TPSA) is 47.0 Å². The first-order valence-corrected chi connectivity index (χ1v) is 7.63. The van der Waals surface area contributed by atoms with E-state index in [0.29, 0.717) is 16.7 Å². The Balaban J connectivity index is 2.28. The molecule has 0 aliphatic carbocycles. The molecule has 21 heavy (non-hydrogen) atoms. The molecule has 0 radical (unpaired) electrons. The highest BCUT2D eigenvalue weighted by Gasteiger charge is 2.12. The Morgan fingerprint density at radius 2 is 2.05 bits per heavy atom. The number of ether oxygens (including phenoxy) is 1. The summed E-state index contributed by atoms with van der Waals surface area (Å²) < 4.78 is 5.89. The van der Waals surface area contributed by atoms with Gasteiger partial charge >= 0.3 is 0 Å². The maximum atomic E-state index is 5.99. The van der Waals surface area contributed by atoms with Crippen molar-refractivity contribution in [1.29, 1.82) is 0 Å². The first-order valence-electron chi connectivity index (χ1n) is 7.25. The van der Waals surface area contributed by atoms with E-state index in [-0.39, 0.29) is 0 Å². The van der Waals surface area contributed by atoms with Gasteiger partial charge in [-0.05, 0) is 31.0 Å². The standard InChI is InChI=1S/C16H20ClN3O/c1-3-6-14-15(18-9-4-2)19-11-20-16(14)21-13-8-5-7-12(17)10-13/h5,7-8,10-11H,3-4,6,9H2,1-2H3,(H,18,19,20). The Bertz CT molecular complexity index is 589. The Morgan fingerprint density at radius 1 is 1.19 bits per heavy atom. The molecule has 0 atom stereocenters. The van der Waals surface area contributed by atoms with Crippen molar-refractivity contribution in [2.75, 3.05) is 11.9 Å². The molecule has 1 aromatic heterocycles. The van der Waals surface area contributed by atoms with Crippen molar-refractivity contribution >= 4 is 17.4 Å². The Kier molecular flexibility index (Phi) is 5.81. The second-order valence-electron chi connectivity index (χ2n) is 4.74. The summed E-state index contributed by atoms with van der Waals surface area (Å²) in [5.41, 5.74) is 1.01. The number of benzene rings is 1. The van der Waals surface area contributed by atoms with Gasteiger partial charge in [0.25, 0.3) is 0 Å². The predicted molar refractivity (Wildman–Crippen MR) is 86.3 cm³/mol. The van der Waals surface area contributed by atoms with E-state index in [0.717, 1.165) is 37.2 Å². The normalized spacial score (nSPS) is 10.4. The molecule has 0 spiro atoms. The van der Waals surface area contributed by atoms with E-state index < -0.39 is 0 Å². The van der Waals surface area contributed by atoms with Gasteiger partial charge in [0.15, 0.2) is 0 Å². The van der Waals surface area contributed by atoms with Crippen LogP contribution in [0.5, 0.6) is 11.6 Å². The van der Waals surface area contributed by atoms with Crippen LogP contribution in [0.25, 0.3) is 0 Å². The maximum Gasteiger partial charge on any atom is 0.227 e. The fourth-order valence-electron chi connectivity index (χ4n) is 2.00. The summed E-state index contributed by atoms with van der Waals surface area (Å²) in [6.45, 7) is 5.13. The largest absolute Gasteiger partial charge is 0.438 e. The molecule has 0 bridgehead atoms. The van der Waals surface area contributed by atoms with Crippen LogP contribution in [0, 0.1) is 0 Å². The lowest BCUT2D eigenvalue weighted by Gasteiger charge is -2.14. The van der Waals surface area contributed by atoms with Gasteiger partial charge in [0, 0.05) is 11.6 Å². The smallest absolute Gasteiger partial charge is 0.227 e. The minimum absolute atomic E-state index is 0.590. The number of nitrogens with one attached hydrogen (secondary N) is 1. The van der Waals surface area contributed by atoms with E-state index in [1.807, 2.05) is 18.2 Å². The minimum Gasteiger partial charge on any atom is -0.438 e. The second-order valence-corrected chi connectivity index (χ2v) is 5.18. The van der Waals surface area contributed by atoms with E-state index in [9.17, 15) is 0 Å². The molecule has 5 heteroatoms. The lowest BCUT2D eigenvalue weighted by Crippen LogP contribution is -2.07. The van der Waals surface area contributed by atoms with E-state index in [4.69, 9.17) is 16.3 Å². The monoisotopic (exact) mass is 305 g/mol. The summed E-state index contributed by atoms with van der Waals surface area (Å²) in [6, 6.07) is 7.31. The summed E-state index contributed by atoms with van der Waals surface area (Å²) in [5, 5.41) is 3.97. The Hall–Kier alpha value is -1.81. The van der Waals surface area contributed by atoms with Crippen molar-refractivity contribution in [3.8, 4) is 11.6 Å². The minimum atomic E-state index is 0.590. The van der Waals surface area contributed by atoms with Crippen molar-refractivity contribution in [2.24, 2.45) is 0 Å². The third kappa shape index (κ3) is 4.33. The number of hydrogen-bond acceptors (Lipinski definition) is 4. The van der Waals surface area contributed by atoms with Crippen LogP contribution in [0.2, 0.25) is 5.02 Å². The molecule has 1 aromatic carbocycles. The van der Waals surface area contributed by atoms with Gasteiger partial charge in [-0.2, -0.15) is 0 Å². The molecule has 2 aromatic rings. The quantitative estimate of drug-likeness (QED) is 0.805. The molecule has 0 saturated carbocycles. The maximum absolute atomic E-state index is 5.99. The van der Waals surface area contributed by atoms with Crippen molar-refractivity contribution in [3.63, 3.8) is 0 Å². The van der Waals surface area contributed by atoms with Gasteiger partial charge in [-0.25, -0.2) is 9.97 Å². The van der Waals surface area contributed by atoms with Crippen molar-refractivity contribution < 1.29 is 4.74 Å². The SMILES string of the molecule is CCCNc1ncnc(Oc2cccc(Cl)c2)c1CCC. The Labute approximate surface area is 130 Å². The number of rotatable bonds is 7. The summed E-state index contributed by atoms with van der Waals surface area (Å²) in [6.07, 6.45) is 4.43. The molecule has 1 N–H and O–H groups in total. The van der Waals surface area contributed by atoms with Gasteiger partial charge in [-0.1, -0.05) is 37.9 Å². The van der Waals surface area contributed by atoms with Crippen LogP contribution in [-0.2, 0) is 6.42 Å². The van der Waals surface area contributed by atoms with Gasteiger partial charge in [-0.15, -0.1) is 0 Å². The summed E-state index contributed by atoms with van der Waals surface area (Å²) in [5.74, 6) is 2.12. The highest BCUT2D eigenvalue weighted by molar-refractivity contribution is 6.30. The lowest BCUT2D eigenvalue weighted by molar-refractivity contribution is 0.454. The van der Waals surface area contributed by atoms with Crippen LogP contribution < -0.4 is 10.1 Å². The van der Waals surface area contributed by atoms with Gasteiger partial charge in [-0.3, -0.25) is 0 Å². The molecular formula is C16H20ClN3O. The van der Waals surface area contributed by atoms with Crippen molar-refractivity contribution in [1.82, 2.24) is 9.97 Å². The fourth-order valence-corrected chi connectivity index (χ4v) is 2.18. The van der Waals surface area contributed by atoms with E-state index in [1.54, 1.807) is 6.07 Å². The number of halogens is 1. The number of nitrogens with zero attached hydrogens (tertiary/aromatic N) is 2. The molecule has 112 valence electrons. The van der Waals surface area contributed by atoms with Crippen LogP contribution in [-0.4, -0.2) is 16.5 Å². The number of hydrogen-bond donors (Lipinski definition) is 1. The summed E-state index contributed by atoms with van der Waals surface area (Å²) in [4.78, 5) is 8.60. The molecular weight excluding hydrogens is 286 g/mol. The molecule has 1 heterocycles. The Morgan fingerprint density at radius 3 is 2.76 bits per heavy atom. The molecule has 4 nitrogen and oxygen atoms in total. The van der Waals surface area contributed by atoms with Gasteiger partial charge in [0.2, 0.25) is 5.88 Å². The summed E-state index contributed by atoms with van der Waals surface area (Å²) >= 11 is 5.99.